The van der Waals surface area contributed by atoms with Crippen molar-refractivity contribution >= 4 is 5.69 Å². The summed E-state index contributed by atoms with van der Waals surface area (Å²) in [6.07, 6.45) is 1.72. The van der Waals surface area contributed by atoms with Crippen molar-refractivity contribution in [1.29, 1.82) is 0 Å². The molecule has 3 heteroatoms. The second kappa shape index (κ2) is 5.86. The average Bonchev–Trinajstić information content (AvgIpc) is 2.51. The third-order valence-corrected chi connectivity index (χ3v) is 4.29. The van der Waals surface area contributed by atoms with E-state index < -0.39 is 5.60 Å². The molecule has 3 rings (SSSR count). The number of anilines is 1. The van der Waals surface area contributed by atoms with Gasteiger partial charge < -0.3 is 10.0 Å². The van der Waals surface area contributed by atoms with Crippen LogP contribution in [0.3, 0.4) is 0 Å². The Morgan fingerprint density at radius 2 is 1.57 bits per heavy atom. The van der Waals surface area contributed by atoms with Crippen molar-refractivity contribution in [3.8, 4) is 0 Å². The number of hydrogen-bond acceptors (Lipinski definition) is 2. The number of rotatable bonds is 3. The zero-order chi connectivity index (χ0) is 14.7. The second-order valence-electron chi connectivity index (χ2n) is 5.82. The van der Waals surface area contributed by atoms with Crippen LogP contribution < -0.4 is 4.90 Å². The molecule has 0 bridgehead atoms. The first-order valence-corrected chi connectivity index (χ1v) is 7.42. The van der Waals surface area contributed by atoms with E-state index in [1.807, 2.05) is 24.3 Å². The van der Waals surface area contributed by atoms with Gasteiger partial charge in [0.25, 0.3) is 0 Å². The van der Waals surface area contributed by atoms with Gasteiger partial charge in [0.15, 0.2) is 0 Å². The van der Waals surface area contributed by atoms with Gasteiger partial charge in [0, 0.05) is 25.2 Å². The smallest absolute Gasteiger partial charge is 0.126 e. The van der Waals surface area contributed by atoms with Gasteiger partial charge in [-0.05, 0) is 36.6 Å². The molecule has 0 atom stereocenters. The number of nitrogens with zero attached hydrogens (tertiary/aromatic N) is 1. The summed E-state index contributed by atoms with van der Waals surface area (Å²) < 4.78 is 13.7. The lowest BCUT2D eigenvalue weighted by atomic mass is 9.85. The monoisotopic (exact) mass is 285 g/mol. The SMILES string of the molecule is OC1(Cc2ccccc2F)CCN(c2ccccc2)CC1. The fourth-order valence-electron chi connectivity index (χ4n) is 2.99. The Kier molecular flexibility index (Phi) is 3.93. The minimum atomic E-state index is -0.798. The number of benzene rings is 2. The van der Waals surface area contributed by atoms with E-state index in [2.05, 4.69) is 17.0 Å². The van der Waals surface area contributed by atoms with Gasteiger partial charge in [-0.25, -0.2) is 4.39 Å². The van der Waals surface area contributed by atoms with E-state index in [-0.39, 0.29) is 5.82 Å². The topological polar surface area (TPSA) is 23.5 Å². The molecule has 110 valence electrons. The average molecular weight is 285 g/mol. The summed E-state index contributed by atoms with van der Waals surface area (Å²) in [6, 6.07) is 16.9. The Morgan fingerprint density at radius 3 is 2.24 bits per heavy atom. The zero-order valence-electron chi connectivity index (χ0n) is 12.0. The molecular formula is C18H20FNO. The highest BCUT2D eigenvalue weighted by Gasteiger charge is 2.33. The standard InChI is InChI=1S/C18H20FNO/c19-17-9-5-4-6-15(17)14-18(21)10-12-20(13-11-18)16-7-2-1-3-8-16/h1-9,21H,10-14H2. The minimum absolute atomic E-state index is 0.226. The maximum Gasteiger partial charge on any atom is 0.126 e. The lowest BCUT2D eigenvalue weighted by molar-refractivity contribution is 0.0158. The third-order valence-electron chi connectivity index (χ3n) is 4.29. The van der Waals surface area contributed by atoms with Crippen LogP contribution in [-0.4, -0.2) is 23.8 Å². The molecule has 2 nitrogen and oxygen atoms in total. The third kappa shape index (κ3) is 3.24. The quantitative estimate of drug-likeness (QED) is 0.934. The Balaban J connectivity index is 1.66. The Morgan fingerprint density at radius 1 is 0.952 bits per heavy atom. The van der Waals surface area contributed by atoms with Gasteiger partial charge in [0.2, 0.25) is 0 Å². The number of piperidine rings is 1. The predicted octanol–water partition coefficient (Wildman–Crippen LogP) is 3.40. The molecule has 0 aliphatic carbocycles. The Hall–Kier alpha value is -1.87. The number of halogens is 1. The van der Waals surface area contributed by atoms with Crippen LogP contribution in [-0.2, 0) is 6.42 Å². The van der Waals surface area contributed by atoms with Crippen molar-refractivity contribution in [2.45, 2.75) is 24.9 Å². The molecular weight excluding hydrogens is 265 g/mol. The van der Waals surface area contributed by atoms with Gasteiger partial charge in [-0.2, -0.15) is 0 Å². The molecule has 1 heterocycles. The van der Waals surface area contributed by atoms with E-state index in [4.69, 9.17) is 0 Å². The highest BCUT2D eigenvalue weighted by molar-refractivity contribution is 5.46. The molecule has 2 aromatic carbocycles. The molecule has 0 unspecified atom stereocenters. The molecule has 0 radical (unpaired) electrons. The first kappa shape index (κ1) is 14.1. The largest absolute Gasteiger partial charge is 0.389 e. The molecule has 1 aliphatic rings. The maximum atomic E-state index is 13.7. The molecule has 1 aliphatic heterocycles. The van der Waals surface area contributed by atoms with Gasteiger partial charge in [-0.3, -0.25) is 0 Å². The molecule has 1 fully saturated rings. The lowest BCUT2D eigenvalue weighted by Gasteiger charge is -2.39. The summed E-state index contributed by atoms with van der Waals surface area (Å²) in [7, 11) is 0. The van der Waals surface area contributed by atoms with Crippen molar-refractivity contribution in [2.75, 3.05) is 18.0 Å². The van der Waals surface area contributed by atoms with Crippen molar-refractivity contribution in [1.82, 2.24) is 0 Å². The number of aliphatic hydroxyl groups is 1. The Bertz CT molecular complexity index is 591. The molecule has 2 aromatic rings. The fraction of sp³-hybridized carbons (Fsp3) is 0.333. The van der Waals surface area contributed by atoms with Crippen LogP contribution in [0.15, 0.2) is 54.6 Å². The zero-order valence-corrected chi connectivity index (χ0v) is 12.0. The fourth-order valence-corrected chi connectivity index (χ4v) is 2.99. The van der Waals surface area contributed by atoms with Crippen LogP contribution in [0, 0.1) is 5.82 Å². The Labute approximate surface area is 124 Å². The molecule has 0 aromatic heterocycles. The summed E-state index contributed by atoms with van der Waals surface area (Å²) in [5.74, 6) is -0.226. The first-order valence-electron chi connectivity index (χ1n) is 7.42. The van der Waals surface area contributed by atoms with Crippen LogP contribution in [0.4, 0.5) is 10.1 Å². The summed E-state index contributed by atoms with van der Waals surface area (Å²) in [5, 5.41) is 10.7. The van der Waals surface area contributed by atoms with Gasteiger partial charge in [-0.1, -0.05) is 36.4 Å². The lowest BCUT2D eigenvalue weighted by Crippen LogP contribution is -2.45. The molecule has 21 heavy (non-hydrogen) atoms. The summed E-state index contributed by atoms with van der Waals surface area (Å²) in [4.78, 5) is 2.27. The van der Waals surface area contributed by atoms with Crippen molar-refractivity contribution in [3.63, 3.8) is 0 Å². The van der Waals surface area contributed by atoms with Gasteiger partial charge in [0.1, 0.15) is 5.82 Å². The van der Waals surface area contributed by atoms with Crippen LogP contribution >= 0.6 is 0 Å². The van der Waals surface area contributed by atoms with Crippen LogP contribution in [0.5, 0.6) is 0 Å². The van der Waals surface area contributed by atoms with E-state index in [0.717, 1.165) is 13.1 Å². The van der Waals surface area contributed by atoms with Crippen LogP contribution in [0.1, 0.15) is 18.4 Å². The maximum absolute atomic E-state index is 13.7. The number of para-hydroxylation sites is 1. The molecule has 0 amide bonds. The first-order chi connectivity index (χ1) is 10.2. The van der Waals surface area contributed by atoms with E-state index in [9.17, 15) is 9.50 Å². The normalized spacial score (nSPS) is 17.7. The van der Waals surface area contributed by atoms with Crippen molar-refractivity contribution in [2.24, 2.45) is 0 Å². The van der Waals surface area contributed by atoms with Crippen LogP contribution in [0.25, 0.3) is 0 Å². The molecule has 1 saturated heterocycles. The van der Waals surface area contributed by atoms with Crippen LogP contribution in [0.2, 0.25) is 0 Å². The number of hydrogen-bond donors (Lipinski definition) is 1. The van der Waals surface area contributed by atoms with Crippen molar-refractivity contribution in [3.05, 3.63) is 66.0 Å². The van der Waals surface area contributed by atoms with E-state index in [0.29, 0.717) is 24.8 Å². The van der Waals surface area contributed by atoms with E-state index in [1.54, 1.807) is 12.1 Å². The summed E-state index contributed by atoms with van der Waals surface area (Å²) in [6.45, 7) is 1.60. The summed E-state index contributed by atoms with van der Waals surface area (Å²) >= 11 is 0. The molecule has 0 saturated carbocycles. The van der Waals surface area contributed by atoms with Crippen molar-refractivity contribution < 1.29 is 9.50 Å². The minimum Gasteiger partial charge on any atom is -0.389 e. The highest BCUT2D eigenvalue weighted by atomic mass is 19.1. The second-order valence-corrected chi connectivity index (χ2v) is 5.82. The molecule has 1 N–H and O–H groups in total. The van der Waals surface area contributed by atoms with Gasteiger partial charge in [-0.15, -0.1) is 0 Å². The van der Waals surface area contributed by atoms with Gasteiger partial charge >= 0.3 is 0 Å². The predicted molar refractivity (Wildman–Crippen MR) is 82.9 cm³/mol. The van der Waals surface area contributed by atoms with E-state index >= 15 is 0 Å². The molecule has 0 spiro atoms. The van der Waals surface area contributed by atoms with Gasteiger partial charge in [0.05, 0.1) is 5.60 Å². The van der Waals surface area contributed by atoms with E-state index in [1.165, 1.54) is 11.8 Å². The summed E-state index contributed by atoms with van der Waals surface area (Å²) in [5.41, 5.74) is 0.992. The highest BCUT2D eigenvalue weighted by Crippen LogP contribution is 2.29.